The zero-order valence-electron chi connectivity index (χ0n) is 14.8. The normalized spacial score (nSPS) is 23.1. The first kappa shape index (κ1) is 17.1. The molecule has 24 heavy (non-hydrogen) atoms. The number of nitrogens with two attached hydrogens (primary N) is 1. The van der Waals surface area contributed by atoms with E-state index in [9.17, 15) is 0 Å². The number of hydrogen-bond acceptors (Lipinski definition) is 3. The summed E-state index contributed by atoms with van der Waals surface area (Å²) in [5, 5.41) is 3.15. The topological polar surface area (TPSA) is 68.9 Å². The van der Waals surface area contributed by atoms with Crippen molar-refractivity contribution in [1.82, 2.24) is 0 Å². The summed E-state index contributed by atoms with van der Waals surface area (Å²) in [6.45, 7) is 5.67. The van der Waals surface area contributed by atoms with Crippen LogP contribution in [0.5, 0.6) is 5.75 Å². The molecule has 1 aromatic rings. The lowest BCUT2D eigenvalue weighted by molar-refractivity contribution is -0.141. The van der Waals surface area contributed by atoms with Crippen LogP contribution >= 0.6 is 0 Å². The molecular formula is C19H29N3O2. The molecule has 1 saturated carbocycles. The number of anilines is 1. The zero-order chi connectivity index (χ0) is 17.0. The first-order valence-electron chi connectivity index (χ1n) is 9.02. The number of guanidine groups is 1. The number of aliphatic imine (C=N–C) groups is 1. The van der Waals surface area contributed by atoms with Crippen molar-refractivity contribution in [3.05, 3.63) is 24.3 Å². The molecule has 2 aliphatic rings. The summed E-state index contributed by atoms with van der Waals surface area (Å²) in [6, 6.07) is 7.79. The molecule has 1 aromatic carbocycles. The Hall–Kier alpha value is -1.75. The smallest absolute Gasteiger partial charge is 0.193 e. The average Bonchev–Trinajstić information content (AvgIpc) is 2.53. The van der Waals surface area contributed by atoms with Gasteiger partial charge in [-0.2, -0.15) is 0 Å². The van der Waals surface area contributed by atoms with Crippen LogP contribution in [0.4, 0.5) is 5.69 Å². The molecule has 132 valence electrons. The van der Waals surface area contributed by atoms with Crippen LogP contribution in [0, 0.1) is 5.92 Å². The lowest BCUT2D eigenvalue weighted by Gasteiger charge is -2.47. The molecule has 1 aliphatic heterocycles. The minimum absolute atomic E-state index is 0.173. The number of ether oxygens (including phenoxy) is 2. The van der Waals surface area contributed by atoms with Crippen LogP contribution < -0.4 is 15.8 Å². The van der Waals surface area contributed by atoms with Gasteiger partial charge in [-0.15, -0.1) is 0 Å². The standard InChI is InChI=1S/C19H29N3O2/c1-14(2)24-17-6-4-16(5-7-17)22-18(20)21-13-15-8-11-23-19(12-15)9-3-10-19/h4-7,14-15H,3,8-13H2,1-2H3,(H3,20,21,22). The Labute approximate surface area is 144 Å². The molecule has 0 amide bonds. The quantitative estimate of drug-likeness (QED) is 0.639. The van der Waals surface area contributed by atoms with Gasteiger partial charge in [-0.3, -0.25) is 4.99 Å². The molecule has 5 nitrogen and oxygen atoms in total. The van der Waals surface area contributed by atoms with Gasteiger partial charge in [0.25, 0.3) is 0 Å². The van der Waals surface area contributed by atoms with Gasteiger partial charge in [-0.25, -0.2) is 0 Å². The Morgan fingerprint density at radius 2 is 2.12 bits per heavy atom. The molecule has 0 aromatic heterocycles. The molecule has 0 radical (unpaired) electrons. The van der Waals surface area contributed by atoms with Gasteiger partial charge in [-0.05, 0) is 76.1 Å². The Kier molecular flexibility index (Phi) is 5.29. The molecule has 0 bridgehead atoms. The van der Waals surface area contributed by atoms with Gasteiger partial charge in [0.2, 0.25) is 0 Å². The largest absolute Gasteiger partial charge is 0.491 e. The minimum Gasteiger partial charge on any atom is -0.491 e. The van der Waals surface area contributed by atoms with Crippen LogP contribution in [0.2, 0.25) is 0 Å². The van der Waals surface area contributed by atoms with Crippen molar-refractivity contribution in [2.75, 3.05) is 18.5 Å². The number of nitrogens with zero attached hydrogens (tertiary/aromatic N) is 1. The summed E-state index contributed by atoms with van der Waals surface area (Å²) in [4.78, 5) is 4.53. The van der Waals surface area contributed by atoms with E-state index in [2.05, 4.69) is 10.3 Å². The summed E-state index contributed by atoms with van der Waals surface area (Å²) in [5.74, 6) is 1.92. The Balaban J connectivity index is 1.49. The minimum atomic E-state index is 0.173. The SMILES string of the molecule is CC(C)Oc1ccc(NC(N)=NCC2CCOC3(CCC3)C2)cc1. The molecule has 2 fully saturated rings. The van der Waals surface area contributed by atoms with Crippen LogP contribution in [0.25, 0.3) is 0 Å². The molecule has 1 atom stereocenters. The van der Waals surface area contributed by atoms with Crippen molar-refractivity contribution >= 4 is 11.6 Å². The van der Waals surface area contributed by atoms with Gasteiger partial charge in [0, 0.05) is 18.8 Å². The third kappa shape index (κ3) is 4.41. The third-order valence-corrected chi connectivity index (χ3v) is 4.88. The van der Waals surface area contributed by atoms with Crippen molar-refractivity contribution in [3.63, 3.8) is 0 Å². The fourth-order valence-corrected chi connectivity index (χ4v) is 3.51. The van der Waals surface area contributed by atoms with Crippen molar-refractivity contribution < 1.29 is 9.47 Å². The van der Waals surface area contributed by atoms with E-state index in [0.717, 1.165) is 37.4 Å². The van der Waals surface area contributed by atoms with Gasteiger partial charge < -0.3 is 20.5 Å². The monoisotopic (exact) mass is 331 g/mol. The highest BCUT2D eigenvalue weighted by atomic mass is 16.5. The summed E-state index contributed by atoms with van der Waals surface area (Å²) in [5.41, 5.74) is 7.13. The van der Waals surface area contributed by atoms with E-state index < -0.39 is 0 Å². The van der Waals surface area contributed by atoms with Gasteiger partial charge in [0.15, 0.2) is 5.96 Å². The second kappa shape index (κ2) is 7.43. The average molecular weight is 331 g/mol. The molecule has 1 spiro atoms. The maximum atomic E-state index is 6.03. The molecule has 3 N–H and O–H groups in total. The van der Waals surface area contributed by atoms with Gasteiger partial charge in [0.1, 0.15) is 5.75 Å². The molecule has 3 rings (SSSR count). The highest BCUT2D eigenvalue weighted by molar-refractivity contribution is 5.92. The molecule has 1 heterocycles. The zero-order valence-corrected chi connectivity index (χ0v) is 14.8. The van der Waals surface area contributed by atoms with Crippen molar-refractivity contribution in [1.29, 1.82) is 0 Å². The Morgan fingerprint density at radius 1 is 1.38 bits per heavy atom. The van der Waals surface area contributed by atoms with Crippen molar-refractivity contribution in [3.8, 4) is 5.75 Å². The lowest BCUT2D eigenvalue weighted by Crippen LogP contribution is -2.46. The summed E-state index contributed by atoms with van der Waals surface area (Å²) >= 11 is 0. The van der Waals surface area contributed by atoms with Gasteiger partial charge in [-0.1, -0.05) is 0 Å². The predicted molar refractivity (Wildman–Crippen MR) is 97.6 cm³/mol. The number of benzene rings is 1. The van der Waals surface area contributed by atoms with E-state index in [1.807, 2.05) is 38.1 Å². The number of rotatable bonds is 5. The molecular weight excluding hydrogens is 302 g/mol. The van der Waals surface area contributed by atoms with E-state index in [1.54, 1.807) is 0 Å². The fraction of sp³-hybridized carbons (Fsp3) is 0.632. The number of hydrogen-bond donors (Lipinski definition) is 2. The van der Waals surface area contributed by atoms with Crippen molar-refractivity contribution in [2.24, 2.45) is 16.6 Å². The summed E-state index contributed by atoms with van der Waals surface area (Å²) in [6.07, 6.45) is 6.12. The Bertz CT molecular complexity index is 564. The molecule has 1 unspecified atom stereocenters. The van der Waals surface area contributed by atoms with Crippen LogP contribution in [0.1, 0.15) is 46.0 Å². The maximum Gasteiger partial charge on any atom is 0.193 e. The van der Waals surface area contributed by atoms with E-state index in [4.69, 9.17) is 15.2 Å². The highest BCUT2D eigenvalue weighted by Gasteiger charge is 2.42. The predicted octanol–water partition coefficient (Wildman–Crippen LogP) is 3.55. The van der Waals surface area contributed by atoms with E-state index in [0.29, 0.717) is 11.9 Å². The second-order valence-electron chi connectivity index (χ2n) is 7.29. The number of nitrogens with one attached hydrogen (secondary N) is 1. The van der Waals surface area contributed by atoms with E-state index >= 15 is 0 Å². The molecule has 5 heteroatoms. The van der Waals surface area contributed by atoms with Crippen LogP contribution in [0.15, 0.2) is 29.3 Å². The van der Waals surface area contributed by atoms with E-state index in [1.165, 1.54) is 19.3 Å². The van der Waals surface area contributed by atoms with Crippen LogP contribution in [-0.4, -0.2) is 30.8 Å². The summed E-state index contributed by atoms with van der Waals surface area (Å²) < 4.78 is 11.6. The van der Waals surface area contributed by atoms with Gasteiger partial charge in [0.05, 0.1) is 11.7 Å². The summed E-state index contributed by atoms with van der Waals surface area (Å²) in [7, 11) is 0. The molecule has 1 aliphatic carbocycles. The van der Waals surface area contributed by atoms with Gasteiger partial charge >= 0.3 is 0 Å². The lowest BCUT2D eigenvalue weighted by atomic mass is 9.72. The Morgan fingerprint density at radius 3 is 2.75 bits per heavy atom. The van der Waals surface area contributed by atoms with E-state index in [-0.39, 0.29) is 11.7 Å². The van der Waals surface area contributed by atoms with Crippen molar-refractivity contribution in [2.45, 2.75) is 57.7 Å². The molecule has 1 saturated heterocycles. The van der Waals surface area contributed by atoms with Crippen LogP contribution in [-0.2, 0) is 4.74 Å². The second-order valence-corrected chi connectivity index (χ2v) is 7.29. The maximum absolute atomic E-state index is 6.03. The highest BCUT2D eigenvalue weighted by Crippen LogP contribution is 2.44. The first-order chi connectivity index (χ1) is 11.5. The van der Waals surface area contributed by atoms with Crippen LogP contribution in [0.3, 0.4) is 0 Å². The fourth-order valence-electron chi connectivity index (χ4n) is 3.51. The third-order valence-electron chi connectivity index (χ3n) is 4.88. The first-order valence-corrected chi connectivity index (χ1v) is 9.02.